The van der Waals surface area contributed by atoms with Crippen molar-refractivity contribution >= 4 is 59.6 Å². The fourth-order valence-corrected chi connectivity index (χ4v) is 8.27. The fourth-order valence-electron chi connectivity index (χ4n) is 6.98. The van der Waals surface area contributed by atoms with Crippen molar-refractivity contribution in [3.05, 3.63) is 195 Å². The van der Waals surface area contributed by atoms with E-state index in [2.05, 4.69) is 151 Å². The van der Waals surface area contributed by atoms with Crippen LogP contribution in [0.5, 0.6) is 0 Å². The van der Waals surface area contributed by atoms with Gasteiger partial charge in [-0.3, -0.25) is 6.08 Å². The van der Waals surface area contributed by atoms with E-state index in [1.165, 1.54) is 93.5 Å². The van der Waals surface area contributed by atoms with Crippen LogP contribution in [-0.2, 0) is 41.5 Å². The molecule has 0 saturated heterocycles. The molecular weight excluding hydrogens is 893 g/mol. The van der Waals surface area contributed by atoms with Crippen molar-refractivity contribution in [2.75, 3.05) is 0 Å². The Balaban J connectivity index is 0.000000268. The van der Waals surface area contributed by atoms with Crippen molar-refractivity contribution in [3.63, 3.8) is 0 Å². The van der Waals surface area contributed by atoms with Gasteiger partial charge in [0.2, 0.25) is 0 Å². The molecule has 8 rings (SSSR count). The molecule has 296 valence electrons. The van der Waals surface area contributed by atoms with Crippen LogP contribution in [0, 0.1) is 6.08 Å². The second-order valence-electron chi connectivity index (χ2n) is 16.3. The van der Waals surface area contributed by atoms with Crippen molar-refractivity contribution in [3.8, 4) is 22.3 Å². The zero-order chi connectivity index (χ0) is 40.0. The van der Waals surface area contributed by atoms with Gasteiger partial charge in [0.25, 0.3) is 0 Å². The van der Waals surface area contributed by atoms with E-state index in [1.807, 2.05) is 48.6 Å². The number of benzene rings is 6. The second-order valence-corrected chi connectivity index (χ2v) is 19.1. The van der Waals surface area contributed by atoms with Gasteiger partial charge in [0, 0.05) is 10.0 Å². The summed E-state index contributed by atoms with van der Waals surface area (Å²) < 4.78 is 1.45. The minimum atomic E-state index is 0. The quantitative estimate of drug-likeness (QED) is 0.151. The predicted molar refractivity (Wildman–Crippen MR) is 243 cm³/mol. The van der Waals surface area contributed by atoms with Gasteiger partial charge < -0.3 is 24.8 Å². The molecule has 0 fully saturated rings. The van der Waals surface area contributed by atoms with Crippen LogP contribution >= 0.6 is 34.8 Å². The summed E-state index contributed by atoms with van der Waals surface area (Å²) in [6, 6.07) is 46.9. The van der Waals surface area contributed by atoms with E-state index in [-0.39, 0.29) is 35.6 Å². The SMILES string of the molecule is CC(C)(C)c1cc2c(cc1-c1ccc(Cl)cc1)[cH-]c1cc(-c3ccc(Cl)cc3)c(C(C)(C)C)cc12.Clc1ccc([C](=[Zr+2])Cc2ccccc2)cc1.[C-]1=CC=CC1.[Cl-].[Cl-]. The molecule has 0 radical (unpaired) electrons. The molecule has 0 aromatic heterocycles. The maximum atomic E-state index is 6.20. The van der Waals surface area contributed by atoms with Crippen LogP contribution in [0.15, 0.2) is 152 Å². The van der Waals surface area contributed by atoms with Gasteiger partial charge in [0.15, 0.2) is 0 Å². The Hall–Kier alpha value is -3.13. The van der Waals surface area contributed by atoms with Crippen LogP contribution in [0.2, 0.25) is 15.1 Å². The molecule has 0 saturated carbocycles. The van der Waals surface area contributed by atoms with Crippen LogP contribution in [0.4, 0.5) is 0 Å². The number of rotatable bonds is 5. The normalized spacial score (nSPS) is 11.9. The first-order chi connectivity index (χ1) is 26.7. The summed E-state index contributed by atoms with van der Waals surface area (Å²) in [4.78, 5) is 0. The molecule has 58 heavy (non-hydrogen) atoms. The second kappa shape index (κ2) is 20.9. The van der Waals surface area contributed by atoms with Gasteiger partial charge in [-0.15, -0.1) is 46.2 Å². The zero-order valence-electron chi connectivity index (χ0n) is 33.7. The van der Waals surface area contributed by atoms with Gasteiger partial charge in [-0.25, -0.2) is 12.2 Å². The molecule has 0 amide bonds. The largest absolute Gasteiger partial charge is 1.00 e. The summed E-state index contributed by atoms with van der Waals surface area (Å²) in [5.74, 6) is 0. The number of halogens is 5. The van der Waals surface area contributed by atoms with E-state index in [4.69, 9.17) is 34.8 Å². The van der Waals surface area contributed by atoms with Crippen molar-refractivity contribution < 1.29 is 49.0 Å². The van der Waals surface area contributed by atoms with Crippen molar-refractivity contribution in [1.82, 2.24) is 0 Å². The van der Waals surface area contributed by atoms with E-state index in [0.29, 0.717) is 0 Å². The van der Waals surface area contributed by atoms with Gasteiger partial charge in [-0.2, -0.15) is 6.08 Å². The first-order valence-corrected chi connectivity index (χ1v) is 21.4. The van der Waals surface area contributed by atoms with Crippen molar-refractivity contribution in [2.24, 2.45) is 0 Å². The summed E-state index contributed by atoms with van der Waals surface area (Å²) in [6.07, 6.45) is 11.0. The molecule has 6 heteroatoms. The van der Waals surface area contributed by atoms with Gasteiger partial charge in [-0.05, 0) is 68.5 Å². The summed E-state index contributed by atoms with van der Waals surface area (Å²) in [5.41, 5.74) is 10.3. The standard InChI is InChI=1S/C33H31Cl2.C14H11Cl.C5H5.2ClH.Zr/c1-32(2,3)30-18-26-22(16-28(30)20-7-11-24(34)12-8-20)15-23-17-29(21-9-13-25(35)14-10-21)31(19-27(23)26)33(4,5)6;15-14-10-8-13(9-11-14)7-6-12-4-2-1-3-5-12;1-2-4-5-3-1;;;/h7-19H,1-6H3;1-5,8-11H,6H2;1-3H,4H2;2*1H;/q-1;;-1;;;+2/p-2. The summed E-state index contributed by atoms with van der Waals surface area (Å²) in [5, 5.41) is 7.49. The van der Waals surface area contributed by atoms with Gasteiger partial charge >= 0.3 is 116 Å². The van der Waals surface area contributed by atoms with Crippen LogP contribution in [0.3, 0.4) is 0 Å². The van der Waals surface area contributed by atoms with E-state index in [9.17, 15) is 0 Å². The first kappa shape index (κ1) is 47.5. The Morgan fingerprint density at radius 2 is 1.03 bits per heavy atom. The molecule has 0 spiro atoms. The molecule has 0 N–H and O–H groups in total. The fraction of sp³-hybridized carbons (Fsp3) is 0.192. The monoisotopic (exact) mass is 936 g/mol. The van der Waals surface area contributed by atoms with Crippen molar-refractivity contribution in [1.29, 1.82) is 0 Å². The third kappa shape index (κ3) is 12.2. The molecule has 0 nitrogen and oxygen atoms in total. The van der Waals surface area contributed by atoms with Crippen LogP contribution in [0.25, 0.3) is 43.8 Å². The molecule has 0 bridgehead atoms. The predicted octanol–water partition coefficient (Wildman–Crippen LogP) is 9.91. The van der Waals surface area contributed by atoms with Crippen molar-refractivity contribution in [2.45, 2.75) is 65.2 Å². The smallest absolute Gasteiger partial charge is 0.109 e. The zero-order valence-corrected chi connectivity index (χ0v) is 40.0. The molecule has 0 aliphatic heterocycles. The minimum absolute atomic E-state index is 0. The van der Waals surface area contributed by atoms with E-state index < -0.39 is 0 Å². The average molecular weight is 940 g/mol. The Kier molecular flexibility index (Phi) is 17.1. The number of fused-ring (bicyclic) bond motifs is 3. The number of hydrogen-bond acceptors (Lipinski definition) is 0. The van der Waals surface area contributed by atoms with Crippen LogP contribution in [0.1, 0.15) is 70.2 Å². The van der Waals surface area contributed by atoms with Gasteiger partial charge in [0.1, 0.15) is 0 Å². The van der Waals surface area contributed by atoms with Crippen LogP contribution in [-0.4, -0.2) is 3.21 Å². The molecule has 7 aromatic carbocycles. The topological polar surface area (TPSA) is 0 Å². The van der Waals surface area contributed by atoms with E-state index >= 15 is 0 Å². The maximum absolute atomic E-state index is 6.20. The van der Waals surface area contributed by atoms with Gasteiger partial charge in [-0.1, -0.05) is 101 Å². The van der Waals surface area contributed by atoms with E-state index in [1.54, 1.807) is 0 Å². The number of hydrogen-bond donors (Lipinski definition) is 0. The third-order valence-electron chi connectivity index (χ3n) is 9.91. The molecule has 0 heterocycles. The average Bonchev–Trinajstić information content (AvgIpc) is 3.87. The third-order valence-corrected chi connectivity index (χ3v) is 11.8. The molecule has 1 aliphatic rings. The number of allylic oxidation sites excluding steroid dienone is 4. The molecular formula is C52H47Cl5Zr-2. The molecule has 7 aromatic rings. The van der Waals surface area contributed by atoms with E-state index in [0.717, 1.165) is 27.9 Å². The Morgan fingerprint density at radius 3 is 1.40 bits per heavy atom. The molecule has 0 unspecified atom stereocenters. The summed E-state index contributed by atoms with van der Waals surface area (Å²) >= 11 is 19.7. The van der Waals surface area contributed by atoms with Gasteiger partial charge in [0.05, 0.1) is 0 Å². The maximum Gasteiger partial charge on any atom is -0.109 e. The Morgan fingerprint density at radius 1 is 0.603 bits per heavy atom. The Bertz CT molecular complexity index is 2370. The molecule has 1 aliphatic carbocycles. The summed E-state index contributed by atoms with van der Waals surface area (Å²) in [6.45, 7) is 13.7. The first-order valence-electron chi connectivity index (χ1n) is 19.0. The Labute approximate surface area is 387 Å². The molecule has 0 atom stereocenters. The summed E-state index contributed by atoms with van der Waals surface area (Å²) in [7, 11) is 0. The minimum Gasteiger partial charge on any atom is -1.00 e. The van der Waals surface area contributed by atoms with Crippen LogP contribution < -0.4 is 24.8 Å².